The van der Waals surface area contributed by atoms with E-state index in [0.29, 0.717) is 25.4 Å². The fourth-order valence-electron chi connectivity index (χ4n) is 2.65. The molecule has 0 aliphatic heterocycles. The molecule has 2 aromatic heterocycles. The quantitative estimate of drug-likeness (QED) is 0.103. The van der Waals surface area contributed by atoms with Gasteiger partial charge in [0.2, 0.25) is 5.69 Å². The minimum Gasteiger partial charge on any atom is -1.00 e. The highest BCUT2D eigenvalue weighted by Gasteiger charge is 2.12. The van der Waals surface area contributed by atoms with Crippen LogP contribution < -0.4 is 33.9 Å². The van der Waals surface area contributed by atoms with Gasteiger partial charge in [0.1, 0.15) is 6.21 Å². The van der Waals surface area contributed by atoms with E-state index in [-0.39, 0.29) is 30.6 Å². The van der Waals surface area contributed by atoms with Crippen LogP contribution in [0.1, 0.15) is 55.1 Å². The third-order valence-corrected chi connectivity index (χ3v) is 4.07. The van der Waals surface area contributed by atoms with Crippen molar-refractivity contribution in [3.63, 3.8) is 0 Å². The molecule has 0 bridgehead atoms. The zero-order valence-electron chi connectivity index (χ0n) is 16.0. The third-order valence-electron chi connectivity index (χ3n) is 4.07. The summed E-state index contributed by atoms with van der Waals surface area (Å²) in [7, 11) is 0. The zero-order chi connectivity index (χ0) is 18.6. The maximum Gasteiger partial charge on any atom is 0.258 e. The normalized spacial score (nSPS) is 10.3. The number of oxime groups is 1. The molecule has 2 heterocycles. The fraction of sp³-hybridized carbons (Fsp3) is 0.400. The largest absolute Gasteiger partial charge is 1.00 e. The minimum atomic E-state index is 0. The molecule has 6 nitrogen and oxygen atoms in total. The van der Waals surface area contributed by atoms with E-state index in [1.54, 1.807) is 0 Å². The third kappa shape index (κ3) is 8.78. The molecule has 0 unspecified atom stereocenters. The van der Waals surface area contributed by atoms with Gasteiger partial charge in [-0.1, -0.05) is 31.3 Å². The fourth-order valence-corrected chi connectivity index (χ4v) is 2.65. The zero-order valence-corrected chi connectivity index (χ0v) is 17.5. The summed E-state index contributed by atoms with van der Waals surface area (Å²) >= 11 is 0. The van der Waals surface area contributed by atoms with Crippen molar-refractivity contribution < 1.29 is 48.7 Å². The van der Waals surface area contributed by atoms with Crippen LogP contribution in [0.3, 0.4) is 0 Å². The van der Waals surface area contributed by atoms with E-state index in [1.165, 1.54) is 19.1 Å². The molecule has 8 heteroatoms. The molecular formula is C20H27Cl2N3O3. The second-order valence-electron chi connectivity index (χ2n) is 6.14. The first-order valence-corrected chi connectivity index (χ1v) is 9.00. The molecule has 0 aliphatic carbocycles. The van der Waals surface area contributed by atoms with E-state index < -0.39 is 0 Å². The maximum atomic E-state index is 12.3. The number of hydrogen-bond donors (Lipinski definition) is 1. The Labute approximate surface area is 178 Å². The Hall–Kier alpha value is -2.02. The molecule has 0 amide bonds. The number of nitrogens with zero attached hydrogens (tertiary/aromatic N) is 3. The van der Waals surface area contributed by atoms with Gasteiger partial charge in [-0.3, -0.25) is 9.53 Å². The number of ketones is 1. The number of carbonyl (C=O) groups excluding carboxylic acids is 1. The van der Waals surface area contributed by atoms with Gasteiger partial charge in [0.15, 0.2) is 24.4 Å². The van der Waals surface area contributed by atoms with E-state index in [0.717, 1.165) is 18.5 Å². The Bertz CT molecular complexity index is 742. The van der Waals surface area contributed by atoms with Crippen LogP contribution in [0.5, 0.6) is 0 Å². The van der Waals surface area contributed by atoms with Crippen molar-refractivity contribution in [3.8, 4) is 0 Å². The molecule has 1 N–H and O–H groups in total. The van der Waals surface area contributed by atoms with Crippen LogP contribution in [0, 0.1) is 0 Å². The lowest BCUT2D eigenvalue weighted by Crippen LogP contribution is -3.00. The number of unbranched alkanes of at least 4 members (excludes halogenated alkanes) is 3. The Morgan fingerprint density at radius 3 is 2.68 bits per heavy atom. The standard InChI is InChI=1S/C20H26N3O3.2ClH/c1-2-3-4-5-11-20(24)18-9-8-12-22(15-18)16-26-17-23-13-7-6-10-19(23)14-21-25;;/h6-10,12-15H,2-5,11,16-17H2,1H3;2*1H/q+1;;/p-1. The lowest BCUT2D eigenvalue weighted by molar-refractivity contribution is -0.788. The molecule has 0 aromatic carbocycles. The van der Waals surface area contributed by atoms with Crippen molar-refractivity contribution in [3.05, 3.63) is 60.2 Å². The average molecular weight is 428 g/mol. The van der Waals surface area contributed by atoms with Crippen LogP contribution in [-0.4, -0.2) is 17.2 Å². The molecule has 0 aliphatic rings. The number of Topliss-reactive ketones (excluding diaryl/α,β-unsaturated/α-hetero) is 1. The van der Waals surface area contributed by atoms with Gasteiger partial charge in [-0.2, -0.15) is 9.13 Å². The molecule has 0 saturated carbocycles. The lowest BCUT2D eigenvalue weighted by atomic mass is 10.1. The summed E-state index contributed by atoms with van der Waals surface area (Å²) in [4.78, 5) is 12.3. The molecular weight excluding hydrogens is 401 g/mol. The Morgan fingerprint density at radius 1 is 1.11 bits per heavy atom. The minimum absolute atomic E-state index is 0. The summed E-state index contributed by atoms with van der Waals surface area (Å²) in [6.45, 7) is 2.80. The van der Waals surface area contributed by atoms with Gasteiger partial charge >= 0.3 is 0 Å². The molecule has 2 rings (SSSR count). The first kappa shape index (κ1) is 26.0. The van der Waals surface area contributed by atoms with Crippen LogP contribution in [-0.2, 0) is 18.2 Å². The number of hydrogen-bond acceptors (Lipinski definition) is 4. The van der Waals surface area contributed by atoms with Gasteiger partial charge < -0.3 is 30.0 Å². The van der Waals surface area contributed by atoms with Crippen LogP contribution >= 0.6 is 0 Å². The lowest BCUT2D eigenvalue weighted by Gasteiger charge is -2.02. The first-order valence-electron chi connectivity index (χ1n) is 9.00. The van der Waals surface area contributed by atoms with Crippen molar-refractivity contribution in [2.75, 3.05) is 0 Å². The molecule has 28 heavy (non-hydrogen) atoms. The number of halogens is 2. The summed E-state index contributed by atoms with van der Waals surface area (Å²) in [5.74, 6) is 0.175. The number of ether oxygens (including phenoxy) is 1. The Kier molecular flexibility index (Phi) is 13.9. The summed E-state index contributed by atoms with van der Waals surface area (Å²) < 4.78 is 9.38. The van der Waals surface area contributed by atoms with E-state index in [2.05, 4.69) is 12.1 Å². The average Bonchev–Trinajstić information content (AvgIpc) is 2.67. The molecule has 2 aromatic rings. The maximum absolute atomic E-state index is 12.3. The highest BCUT2D eigenvalue weighted by Crippen LogP contribution is 2.07. The molecule has 154 valence electrons. The van der Waals surface area contributed by atoms with Gasteiger partial charge in [0, 0.05) is 24.6 Å². The molecule has 0 saturated heterocycles. The second-order valence-corrected chi connectivity index (χ2v) is 6.14. The van der Waals surface area contributed by atoms with Crippen molar-refractivity contribution in [2.24, 2.45) is 5.16 Å². The van der Waals surface area contributed by atoms with Gasteiger partial charge in [0.05, 0.1) is 5.56 Å². The van der Waals surface area contributed by atoms with Gasteiger partial charge in [-0.15, -0.1) is 0 Å². The van der Waals surface area contributed by atoms with E-state index >= 15 is 0 Å². The first-order chi connectivity index (χ1) is 12.7. The van der Waals surface area contributed by atoms with Crippen LogP contribution in [0.2, 0.25) is 0 Å². The van der Waals surface area contributed by atoms with Gasteiger partial charge in [0.25, 0.3) is 13.5 Å². The van der Waals surface area contributed by atoms with Crippen LogP contribution in [0.15, 0.2) is 54.1 Å². The van der Waals surface area contributed by atoms with E-state index in [4.69, 9.17) is 9.94 Å². The van der Waals surface area contributed by atoms with Crippen molar-refractivity contribution >= 4 is 12.0 Å². The van der Waals surface area contributed by atoms with Crippen molar-refractivity contribution in [1.82, 2.24) is 0 Å². The summed E-state index contributed by atoms with van der Waals surface area (Å²) in [5.41, 5.74) is 1.45. The van der Waals surface area contributed by atoms with Crippen LogP contribution in [0.25, 0.3) is 0 Å². The van der Waals surface area contributed by atoms with Crippen LogP contribution in [0.4, 0.5) is 0 Å². The topological polar surface area (TPSA) is 66.7 Å². The molecule has 0 fully saturated rings. The summed E-state index contributed by atoms with van der Waals surface area (Å²) in [6.07, 6.45) is 11.9. The molecule has 0 spiro atoms. The number of aromatic nitrogens is 2. The van der Waals surface area contributed by atoms with Gasteiger partial charge in [-0.05, 0) is 18.6 Å². The SMILES string of the molecule is CCCCCCC(=O)c1ccc[n+](COC[n+]2ccccc2/C=N/O)c1.[Cl-].[Cl-]. The van der Waals surface area contributed by atoms with Gasteiger partial charge in [-0.25, -0.2) is 0 Å². The van der Waals surface area contributed by atoms with E-state index in [9.17, 15) is 4.79 Å². The predicted octanol–water partition coefficient (Wildman–Crippen LogP) is -3.14. The molecule has 0 radical (unpaired) electrons. The highest BCUT2D eigenvalue weighted by molar-refractivity contribution is 5.95. The number of rotatable bonds is 11. The second kappa shape index (κ2) is 15.0. The van der Waals surface area contributed by atoms with E-state index in [1.807, 2.05) is 58.1 Å². The highest BCUT2D eigenvalue weighted by atomic mass is 35.5. The predicted molar refractivity (Wildman–Crippen MR) is 96.8 cm³/mol. The smallest absolute Gasteiger partial charge is 0.258 e. The number of carbonyl (C=O) groups is 1. The summed E-state index contributed by atoms with van der Waals surface area (Å²) in [5, 5.41) is 11.8. The Balaban J connectivity index is 0.00000364. The molecule has 0 atom stereocenters. The monoisotopic (exact) mass is 427 g/mol. The number of pyridine rings is 2. The van der Waals surface area contributed by atoms with Crippen molar-refractivity contribution in [2.45, 2.75) is 52.5 Å². The Morgan fingerprint density at radius 2 is 1.93 bits per heavy atom. The summed E-state index contributed by atoms with van der Waals surface area (Å²) in [6, 6.07) is 9.28. The van der Waals surface area contributed by atoms with Crippen molar-refractivity contribution in [1.29, 1.82) is 0 Å².